The molecule has 0 saturated carbocycles. The van der Waals surface area contributed by atoms with Gasteiger partial charge >= 0.3 is 5.69 Å². The summed E-state index contributed by atoms with van der Waals surface area (Å²) in [6.45, 7) is 0.351. The lowest BCUT2D eigenvalue weighted by molar-refractivity contribution is -0.383. The average molecular weight is 407 g/mol. The highest BCUT2D eigenvalue weighted by atomic mass is 35.5. The quantitative estimate of drug-likeness (QED) is 0.345. The topological polar surface area (TPSA) is 106 Å². The van der Waals surface area contributed by atoms with Gasteiger partial charge in [-0.05, 0) is 29.8 Å². The van der Waals surface area contributed by atoms with Crippen molar-refractivity contribution in [1.82, 2.24) is 15.0 Å². The number of anilines is 3. The van der Waals surface area contributed by atoms with Gasteiger partial charge in [-0.1, -0.05) is 41.9 Å². The molecule has 0 spiro atoms. The van der Waals surface area contributed by atoms with Crippen molar-refractivity contribution < 1.29 is 4.92 Å². The first-order valence-electron chi connectivity index (χ1n) is 8.70. The van der Waals surface area contributed by atoms with E-state index in [1.165, 1.54) is 6.33 Å². The highest BCUT2D eigenvalue weighted by molar-refractivity contribution is 6.30. The van der Waals surface area contributed by atoms with Gasteiger partial charge in [-0.25, -0.2) is 9.97 Å². The number of fused-ring (bicyclic) bond motifs is 1. The van der Waals surface area contributed by atoms with Crippen LogP contribution in [0.1, 0.15) is 5.56 Å². The Hall–Kier alpha value is -3.78. The van der Waals surface area contributed by atoms with E-state index >= 15 is 0 Å². The molecule has 144 valence electrons. The standard InChI is InChI=1S/C20H15ClN6O2/c21-15-8-6-13(7-9-15)11-23-19-18(27(28)29)20(25-12-24-19)26-16-5-1-3-14-4-2-10-22-17(14)16/h1-10,12H,11H2,(H2,23,24,25,26). The van der Waals surface area contributed by atoms with Crippen molar-refractivity contribution in [2.75, 3.05) is 10.6 Å². The minimum Gasteiger partial charge on any atom is -0.360 e. The van der Waals surface area contributed by atoms with Crippen LogP contribution in [0.15, 0.2) is 67.1 Å². The van der Waals surface area contributed by atoms with Crippen molar-refractivity contribution in [3.63, 3.8) is 0 Å². The maximum absolute atomic E-state index is 11.8. The van der Waals surface area contributed by atoms with E-state index in [0.717, 1.165) is 10.9 Å². The Morgan fingerprint density at radius 1 is 0.966 bits per heavy atom. The number of aromatic nitrogens is 3. The molecule has 2 aromatic carbocycles. The minimum absolute atomic E-state index is 0.0850. The Morgan fingerprint density at radius 3 is 2.52 bits per heavy atom. The molecule has 2 heterocycles. The number of hydrogen-bond donors (Lipinski definition) is 2. The molecule has 0 aliphatic rings. The van der Waals surface area contributed by atoms with Crippen molar-refractivity contribution in [2.45, 2.75) is 6.54 Å². The smallest absolute Gasteiger partial charge is 0.353 e. The van der Waals surface area contributed by atoms with Crippen LogP contribution in [0, 0.1) is 10.1 Å². The second-order valence-corrected chi connectivity index (χ2v) is 6.60. The van der Waals surface area contributed by atoms with E-state index < -0.39 is 4.92 Å². The molecule has 0 amide bonds. The fourth-order valence-corrected chi connectivity index (χ4v) is 3.02. The predicted octanol–water partition coefficient (Wildman–Crippen LogP) is 4.94. The van der Waals surface area contributed by atoms with Crippen LogP contribution in [0.5, 0.6) is 0 Å². The first-order valence-corrected chi connectivity index (χ1v) is 9.08. The van der Waals surface area contributed by atoms with Crippen molar-refractivity contribution >= 4 is 45.5 Å². The lowest BCUT2D eigenvalue weighted by Gasteiger charge is -2.11. The summed E-state index contributed by atoms with van der Waals surface area (Å²) in [6.07, 6.45) is 2.94. The SMILES string of the molecule is O=[N+]([O-])c1c(NCc2ccc(Cl)cc2)ncnc1Nc1cccc2cccnc12. The molecule has 0 fully saturated rings. The third-order valence-electron chi connectivity index (χ3n) is 4.26. The summed E-state index contributed by atoms with van der Waals surface area (Å²) in [5.41, 5.74) is 1.98. The Balaban J connectivity index is 1.66. The van der Waals surface area contributed by atoms with E-state index in [9.17, 15) is 10.1 Å². The molecule has 2 aromatic heterocycles. The van der Waals surface area contributed by atoms with Gasteiger partial charge in [0, 0.05) is 23.2 Å². The largest absolute Gasteiger partial charge is 0.360 e. The fourth-order valence-electron chi connectivity index (χ4n) is 2.89. The molecule has 0 bridgehead atoms. The Morgan fingerprint density at radius 2 is 1.72 bits per heavy atom. The Labute approximate surface area is 170 Å². The van der Waals surface area contributed by atoms with Crippen LogP contribution in [-0.2, 0) is 6.54 Å². The third-order valence-corrected chi connectivity index (χ3v) is 4.52. The van der Waals surface area contributed by atoms with E-state index in [1.807, 2.05) is 36.4 Å². The Kier molecular flexibility index (Phi) is 5.17. The van der Waals surface area contributed by atoms with Gasteiger partial charge in [-0.15, -0.1) is 0 Å². The number of hydrogen-bond acceptors (Lipinski definition) is 7. The average Bonchev–Trinajstić information content (AvgIpc) is 2.73. The van der Waals surface area contributed by atoms with Gasteiger partial charge < -0.3 is 10.6 Å². The highest BCUT2D eigenvalue weighted by Gasteiger charge is 2.23. The fraction of sp³-hybridized carbons (Fsp3) is 0.0500. The monoisotopic (exact) mass is 406 g/mol. The normalized spacial score (nSPS) is 10.7. The molecule has 8 nitrogen and oxygen atoms in total. The molecule has 9 heteroatoms. The number of halogens is 1. The zero-order chi connectivity index (χ0) is 20.2. The van der Waals surface area contributed by atoms with Crippen LogP contribution >= 0.6 is 11.6 Å². The van der Waals surface area contributed by atoms with Crippen molar-refractivity contribution in [2.24, 2.45) is 0 Å². The molecular formula is C20H15ClN6O2. The summed E-state index contributed by atoms with van der Waals surface area (Å²) in [4.78, 5) is 23.7. The van der Waals surface area contributed by atoms with E-state index in [2.05, 4.69) is 25.6 Å². The minimum atomic E-state index is -0.509. The van der Waals surface area contributed by atoms with Gasteiger partial charge in [-0.3, -0.25) is 15.1 Å². The number of rotatable bonds is 6. The molecule has 2 N–H and O–H groups in total. The van der Waals surface area contributed by atoms with Crippen molar-refractivity contribution in [1.29, 1.82) is 0 Å². The molecule has 0 aliphatic carbocycles. The number of nitro groups is 1. The van der Waals surface area contributed by atoms with E-state index in [4.69, 9.17) is 11.6 Å². The first kappa shape index (κ1) is 18.6. The van der Waals surface area contributed by atoms with Gasteiger partial charge in [0.15, 0.2) is 0 Å². The molecule has 0 atom stereocenters. The van der Waals surface area contributed by atoms with Gasteiger partial charge in [-0.2, -0.15) is 0 Å². The van der Waals surface area contributed by atoms with Crippen LogP contribution in [0.4, 0.5) is 23.0 Å². The van der Waals surface area contributed by atoms with E-state index in [0.29, 0.717) is 22.8 Å². The zero-order valence-electron chi connectivity index (χ0n) is 15.0. The van der Waals surface area contributed by atoms with Gasteiger partial charge in [0.25, 0.3) is 0 Å². The second-order valence-electron chi connectivity index (χ2n) is 6.16. The second kappa shape index (κ2) is 8.07. The first-order chi connectivity index (χ1) is 14.1. The van der Waals surface area contributed by atoms with Gasteiger partial charge in [0.2, 0.25) is 11.6 Å². The Bertz CT molecular complexity index is 1180. The number of benzene rings is 2. The number of para-hydroxylation sites is 1. The van der Waals surface area contributed by atoms with Gasteiger partial charge in [0.1, 0.15) is 6.33 Å². The van der Waals surface area contributed by atoms with Crippen LogP contribution in [0.2, 0.25) is 5.02 Å². The lowest BCUT2D eigenvalue weighted by atomic mass is 10.2. The maximum atomic E-state index is 11.8. The van der Waals surface area contributed by atoms with Crippen LogP contribution < -0.4 is 10.6 Å². The molecule has 0 saturated heterocycles. The van der Waals surface area contributed by atoms with Crippen LogP contribution in [-0.4, -0.2) is 19.9 Å². The van der Waals surface area contributed by atoms with Gasteiger partial charge in [0.05, 0.1) is 16.1 Å². The molecule has 0 radical (unpaired) electrons. The molecule has 29 heavy (non-hydrogen) atoms. The molecule has 4 aromatic rings. The molecule has 4 rings (SSSR count). The zero-order valence-corrected chi connectivity index (χ0v) is 15.8. The maximum Gasteiger partial charge on any atom is 0.353 e. The highest BCUT2D eigenvalue weighted by Crippen LogP contribution is 2.33. The lowest BCUT2D eigenvalue weighted by Crippen LogP contribution is -2.08. The summed E-state index contributed by atoms with van der Waals surface area (Å²) < 4.78 is 0. The number of pyridine rings is 1. The van der Waals surface area contributed by atoms with Crippen molar-refractivity contribution in [3.05, 3.63) is 87.8 Å². The number of nitrogens with zero attached hydrogens (tertiary/aromatic N) is 4. The molecular weight excluding hydrogens is 392 g/mol. The predicted molar refractivity (Wildman–Crippen MR) is 112 cm³/mol. The van der Waals surface area contributed by atoms with Crippen LogP contribution in [0.25, 0.3) is 10.9 Å². The third kappa shape index (κ3) is 4.07. The summed E-state index contributed by atoms with van der Waals surface area (Å²) in [7, 11) is 0. The summed E-state index contributed by atoms with van der Waals surface area (Å²) in [5.74, 6) is 0.206. The van der Waals surface area contributed by atoms with E-state index in [1.54, 1.807) is 24.4 Å². The summed E-state index contributed by atoms with van der Waals surface area (Å²) >= 11 is 5.89. The summed E-state index contributed by atoms with van der Waals surface area (Å²) in [5, 5.41) is 19.3. The molecule has 0 unspecified atom stereocenters. The number of nitrogens with one attached hydrogen (secondary N) is 2. The van der Waals surface area contributed by atoms with Crippen LogP contribution in [0.3, 0.4) is 0 Å². The molecule has 0 aliphatic heterocycles. The van der Waals surface area contributed by atoms with E-state index in [-0.39, 0.29) is 17.3 Å². The summed E-state index contributed by atoms with van der Waals surface area (Å²) in [6, 6.07) is 16.5. The van der Waals surface area contributed by atoms with Crippen molar-refractivity contribution in [3.8, 4) is 0 Å².